The van der Waals surface area contributed by atoms with Crippen LogP contribution >= 0.6 is 0 Å². The van der Waals surface area contributed by atoms with Gasteiger partial charge in [-0.2, -0.15) is 0 Å². The van der Waals surface area contributed by atoms with E-state index in [4.69, 9.17) is 9.97 Å². The number of benzene rings is 8. The number of hydrogen-bond acceptors (Lipinski definition) is 2. The molecule has 0 saturated heterocycles. The Kier molecular flexibility index (Phi) is 8.11. The second kappa shape index (κ2) is 14.0. The highest BCUT2D eigenvalue weighted by Gasteiger charge is 2.19. The third-order valence-electron chi connectivity index (χ3n) is 11.1. The van der Waals surface area contributed by atoms with Crippen molar-refractivity contribution in [3.05, 3.63) is 219 Å². The van der Waals surface area contributed by atoms with Gasteiger partial charge in [-0.1, -0.05) is 152 Å². The Labute approximate surface area is 336 Å². The largest absolute Gasteiger partial charge is 0.299 e. The zero-order valence-corrected chi connectivity index (χ0v) is 31.6. The van der Waals surface area contributed by atoms with Gasteiger partial charge >= 0.3 is 0 Å². The fourth-order valence-corrected chi connectivity index (χ4v) is 8.38. The summed E-state index contributed by atoms with van der Waals surface area (Å²) in [6.07, 6.45) is 2.10. The average Bonchev–Trinajstić information content (AvgIpc) is 3.89. The Balaban J connectivity index is 1.12. The topological polar surface area (TPSA) is 35.1 Å². The molecule has 0 radical (unpaired) electrons. The van der Waals surface area contributed by atoms with E-state index in [1.165, 1.54) is 16.3 Å². The highest BCUT2D eigenvalue weighted by atomic mass is 15.1. The molecule has 58 heavy (non-hydrogen) atoms. The van der Waals surface area contributed by atoms with Crippen molar-refractivity contribution >= 4 is 27.5 Å². The number of rotatable bonds is 7. The van der Waals surface area contributed by atoms with Crippen LogP contribution in [0.25, 0.3) is 100 Å². The van der Waals surface area contributed by atoms with Crippen LogP contribution in [0.2, 0.25) is 0 Å². The van der Waals surface area contributed by atoms with Gasteiger partial charge in [0.25, 0.3) is 0 Å². The lowest BCUT2D eigenvalue weighted by molar-refractivity contribution is 1.10. The van der Waals surface area contributed by atoms with Gasteiger partial charge in [0, 0.05) is 28.6 Å². The van der Waals surface area contributed by atoms with E-state index >= 15 is 0 Å². The molecule has 3 heterocycles. The standard InChI is InChI=1S/C54H36N4/c1-4-17-38(18-5-1)53-52(56-51-28-12-13-31-57(51)53)42-23-14-22-40(32-42)43-33-44(35-45(34-43)48-27-15-21-37-16-10-11-26-47(37)48)41-29-30-49-50(36-41)58(46-24-8-3-9-25-46)54(55-49)39-19-6-2-7-20-39/h1-36H. The third kappa shape index (κ3) is 5.87. The molecular formula is C54H36N4. The molecule has 272 valence electrons. The average molecular weight is 741 g/mol. The molecule has 0 aliphatic rings. The number of imidazole rings is 2. The van der Waals surface area contributed by atoms with E-state index < -0.39 is 0 Å². The van der Waals surface area contributed by atoms with E-state index in [9.17, 15) is 0 Å². The minimum atomic E-state index is 0.919. The van der Waals surface area contributed by atoms with E-state index in [1.807, 2.05) is 12.1 Å². The summed E-state index contributed by atoms with van der Waals surface area (Å²) in [5, 5.41) is 2.44. The van der Waals surface area contributed by atoms with Gasteiger partial charge < -0.3 is 0 Å². The predicted molar refractivity (Wildman–Crippen MR) is 240 cm³/mol. The summed E-state index contributed by atoms with van der Waals surface area (Å²) < 4.78 is 4.47. The highest BCUT2D eigenvalue weighted by molar-refractivity contribution is 5.99. The second-order valence-corrected chi connectivity index (χ2v) is 14.7. The maximum Gasteiger partial charge on any atom is 0.145 e. The maximum absolute atomic E-state index is 5.20. The van der Waals surface area contributed by atoms with Gasteiger partial charge in [-0.3, -0.25) is 8.97 Å². The minimum absolute atomic E-state index is 0.919. The lowest BCUT2D eigenvalue weighted by Crippen LogP contribution is -1.97. The molecular weight excluding hydrogens is 705 g/mol. The number of para-hydroxylation sites is 1. The van der Waals surface area contributed by atoms with Crippen molar-refractivity contribution in [1.29, 1.82) is 0 Å². The van der Waals surface area contributed by atoms with Crippen LogP contribution in [0.4, 0.5) is 0 Å². The smallest absolute Gasteiger partial charge is 0.145 e. The van der Waals surface area contributed by atoms with Crippen molar-refractivity contribution in [1.82, 2.24) is 18.9 Å². The second-order valence-electron chi connectivity index (χ2n) is 14.7. The molecule has 0 saturated carbocycles. The Morgan fingerprint density at radius 3 is 1.79 bits per heavy atom. The summed E-state index contributed by atoms with van der Waals surface area (Å²) in [7, 11) is 0. The van der Waals surface area contributed by atoms with Crippen molar-refractivity contribution in [3.8, 4) is 73.0 Å². The van der Waals surface area contributed by atoms with Crippen molar-refractivity contribution in [2.75, 3.05) is 0 Å². The fourth-order valence-electron chi connectivity index (χ4n) is 8.38. The molecule has 8 aromatic carbocycles. The molecule has 0 unspecified atom stereocenters. The molecule has 4 nitrogen and oxygen atoms in total. The Hall–Kier alpha value is -7.82. The number of pyridine rings is 1. The van der Waals surface area contributed by atoms with Crippen molar-refractivity contribution < 1.29 is 0 Å². The molecule has 0 spiro atoms. The van der Waals surface area contributed by atoms with Gasteiger partial charge in [-0.15, -0.1) is 0 Å². The molecule has 0 bridgehead atoms. The first kappa shape index (κ1) is 33.5. The van der Waals surface area contributed by atoms with Crippen LogP contribution in [-0.4, -0.2) is 18.9 Å². The lowest BCUT2D eigenvalue weighted by atomic mass is 9.90. The molecule has 0 aliphatic carbocycles. The predicted octanol–water partition coefficient (Wildman–Crippen LogP) is 13.8. The molecule has 0 fully saturated rings. The normalized spacial score (nSPS) is 11.4. The zero-order valence-electron chi connectivity index (χ0n) is 31.6. The molecule has 0 amide bonds. The Bertz CT molecular complexity index is 3260. The molecule has 11 aromatic rings. The maximum atomic E-state index is 5.20. The van der Waals surface area contributed by atoms with Crippen LogP contribution in [0, 0.1) is 0 Å². The first-order valence-electron chi connectivity index (χ1n) is 19.7. The van der Waals surface area contributed by atoms with Crippen LogP contribution in [0.5, 0.6) is 0 Å². The third-order valence-corrected chi connectivity index (χ3v) is 11.1. The molecule has 0 aliphatic heterocycles. The SMILES string of the molecule is c1ccc(-c2nc3ccc(-c4cc(-c5cccc(-c6nc7ccccn7c6-c6ccccc6)c5)cc(-c5cccc6ccccc56)c4)cc3n2-c2ccccc2)cc1. The molecule has 0 atom stereocenters. The highest BCUT2D eigenvalue weighted by Crippen LogP contribution is 2.40. The van der Waals surface area contributed by atoms with Crippen LogP contribution in [0.3, 0.4) is 0 Å². The van der Waals surface area contributed by atoms with Crippen molar-refractivity contribution in [3.63, 3.8) is 0 Å². The van der Waals surface area contributed by atoms with E-state index in [1.54, 1.807) is 0 Å². The first-order chi connectivity index (χ1) is 28.7. The quantitative estimate of drug-likeness (QED) is 0.163. The summed E-state index contributed by atoms with van der Waals surface area (Å²) in [6.45, 7) is 0. The van der Waals surface area contributed by atoms with E-state index in [-0.39, 0.29) is 0 Å². The van der Waals surface area contributed by atoms with Gasteiger partial charge in [-0.25, -0.2) is 9.97 Å². The number of hydrogen-bond donors (Lipinski definition) is 0. The number of nitrogens with zero attached hydrogens (tertiary/aromatic N) is 4. The van der Waals surface area contributed by atoms with Crippen molar-refractivity contribution in [2.24, 2.45) is 0 Å². The Morgan fingerprint density at radius 1 is 0.379 bits per heavy atom. The summed E-state index contributed by atoms with van der Waals surface area (Å²) in [4.78, 5) is 10.4. The van der Waals surface area contributed by atoms with Crippen molar-refractivity contribution in [2.45, 2.75) is 0 Å². The monoisotopic (exact) mass is 740 g/mol. The van der Waals surface area contributed by atoms with Crippen LogP contribution in [0.15, 0.2) is 219 Å². The van der Waals surface area contributed by atoms with Gasteiger partial charge in [0.1, 0.15) is 11.5 Å². The van der Waals surface area contributed by atoms with Crippen LogP contribution in [0.1, 0.15) is 0 Å². The van der Waals surface area contributed by atoms with Gasteiger partial charge in [0.05, 0.1) is 22.4 Å². The molecule has 4 heteroatoms. The zero-order chi connectivity index (χ0) is 38.4. The fraction of sp³-hybridized carbons (Fsp3) is 0. The summed E-state index contributed by atoms with van der Waals surface area (Å²) in [6, 6.07) is 75.5. The van der Waals surface area contributed by atoms with Gasteiger partial charge in [0.2, 0.25) is 0 Å². The summed E-state index contributed by atoms with van der Waals surface area (Å²) >= 11 is 0. The van der Waals surface area contributed by atoms with Gasteiger partial charge in [-0.05, 0) is 105 Å². The van der Waals surface area contributed by atoms with Crippen LogP contribution in [-0.2, 0) is 0 Å². The van der Waals surface area contributed by atoms with E-state index in [2.05, 4.69) is 215 Å². The van der Waals surface area contributed by atoms with E-state index in [0.29, 0.717) is 0 Å². The first-order valence-corrected chi connectivity index (χ1v) is 19.7. The lowest BCUT2D eigenvalue weighted by Gasteiger charge is -2.14. The van der Waals surface area contributed by atoms with E-state index in [0.717, 1.165) is 84.1 Å². The van der Waals surface area contributed by atoms with Gasteiger partial charge in [0.15, 0.2) is 0 Å². The van der Waals surface area contributed by atoms with Crippen LogP contribution < -0.4 is 0 Å². The number of aromatic nitrogens is 4. The summed E-state index contributed by atoms with van der Waals surface area (Å²) in [5.74, 6) is 0.919. The molecule has 11 rings (SSSR count). The molecule has 0 N–H and O–H groups in total. The Morgan fingerprint density at radius 2 is 0.983 bits per heavy atom. The molecule has 3 aromatic heterocycles. The number of fused-ring (bicyclic) bond motifs is 3. The summed E-state index contributed by atoms with van der Waals surface area (Å²) in [5.41, 5.74) is 16.2. The minimum Gasteiger partial charge on any atom is -0.299 e.